The molecule has 0 saturated carbocycles. The van der Waals surface area contributed by atoms with Crippen molar-refractivity contribution >= 4 is 0 Å². The Morgan fingerprint density at radius 3 is 2.90 bits per heavy atom. The molecule has 1 atom stereocenters. The van der Waals surface area contributed by atoms with E-state index in [1.807, 2.05) is 7.05 Å². The molecule has 21 heavy (non-hydrogen) atoms. The van der Waals surface area contributed by atoms with Gasteiger partial charge in [0.25, 0.3) is 0 Å². The van der Waals surface area contributed by atoms with E-state index >= 15 is 0 Å². The van der Waals surface area contributed by atoms with E-state index < -0.39 is 0 Å². The van der Waals surface area contributed by atoms with Gasteiger partial charge in [0.15, 0.2) is 0 Å². The summed E-state index contributed by atoms with van der Waals surface area (Å²) >= 11 is 0. The van der Waals surface area contributed by atoms with E-state index in [2.05, 4.69) is 20.4 Å². The molecule has 112 valence electrons. The summed E-state index contributed by atoms with van der Waals surface area (Å²) in [6.45, 7) is 3.82. The van der Waals surface area contributed by atoms with Crippen molar-refractivity contribution in [3.63, 3.8) is 0 Å². The summed E-state index contributed by atoms with van der Waals surface area (Å²) in [6, 6.07) is 6.07. The van der Waals surface area contributed by atoms with E-state index in [0.29, 0.717) is 24.2 Å². The van der Waals surface area contributed by atoms with Crippen LogP contribution in [0, 0.1) is 11.7 Å². The standard InChI is InChI=1S/C15H19FN4O/c1-17-8-11-6-7-20(9-11)10-14-18-19-15(21-14)12-2-4-13(16)5-3-12/h2-5,11,17H,6-10H2,1H3. The molecule has 0 radical (unpaired) electrons. The highest BCUT2D eigenvalue weighted by molar-refractivity contribution is 5.51. The summed E-state index contributed by atoms with van der Waals surface area (Å²) in [6.07, 6.45) is 1.19. The van der Waals surface area contributed by atoms with E-state index in [9.17, 15) is 4.39 Å². The van der Waals surface area contributed by atoms with E-state index in [0.717, 1.165) is 25.2 Å². The van der Waals surface area contributed by atoms with E-state index in [4.69, 9.17) is 4.42 Å². The van der Waals surface area contributed by atoms with Gasteiger partial charge in [0.2, 0.25) is 11.8 Å². The topological polar surface area (TPSA) is 54.2 Å². The fraction of sp³-hybridized carbons (Fsp3) is 0.467. The monoisotopic (exact) mass is 290 g/mol. The van der Waals surface area contributed by atoms with Crippen LogP contribution in [0.2, 0.25) is 0 Å². The average molecular weight is 290 g/mol. The van der Waals surface area contributed by atoms with Gasteiger partial charge in [0.1, 0.15) is 5.82 Å². The van der Waals surface area contributed by atoms with Gasteiger partial charge in [-0.05, 0) is 56.7 Å². The van der Waals surface area contributed by atoms with Gasteiger partial charge in [-0.25, -0.2) is 4.39 Å². The second-order valence-electron chi connectivity index (χ2n) is 5.46. The van der Waals surface area contributed by atoms with Gasteiger partial charge in [-0.1, -0.05) is 0 Å². The molecule has 0 spiro atoms. The number of halogens is 1. The molecule has 1 saturated heterocycles. The first-order chi connectivity index (χ1) is 10.2. The summed E-state index contributed by atoms with van der Waals surface area (Å²) in [5, 5.41) is 11.3. The SMILES string of the molecule is CNCC1CCN(Cc2nnc(-c3ccc(F)cc3)o2)C1. The van der Waals surface area contributed by atoms with Crippen molar-refractivity contribution in [2.24, 2.45) is 5.92 Å². The number of likely N-dealkylation sites (tertiary alicyclic amines) is 1. The van der Waals surface area contributed by atoms with Gasteiger partial charge in [-0.2, -0.15) is 0 Å². The zero-order chi connectivity index (χ0) is 14.7. The molecule has 5 nitrogen and oxygen atoms in total. The van der Waals surface area contributed by atoms with E-state index in [-0.39, 0.29) is 5.82 Å². The number of nitrogens with zero attached hydrogens (tertiary/aromatic N) is 3. The molecular weight excluding hydrogens is 271 g/mol. The third-order valence-electron chi connectivity index (χ3n) is 3.78. The minimum absolute atomic E-state index is 0.272. The van der Waals surface area contributed by atoms with Crippen molar-refractivity contribution in [3.05, 3.63) is 36.0 Å². The maximum absolute atomic E-state index is 12.9. The van der Waals surface area contributed by atoms with Crippen molar-refractivity contribution < 1.29 is 8.81 Å². The molecule has 0 bridgehead atoms. The van der Waals surface area contributed by atoms with Gasteiger partial charge in [-0.3, -0.25) is 4.90 Å². The summed E-state index contributed by atoms with van der Waals surface area (Å²) in [5.41, 5.74) is 0.740. The molecule has 1 N–H and O–H groups in total. The quantitative estimate of drug-likeness (QED) is 0.911. The highest BCUT2D eigenvalue weighted by Crippen LogP contribution is 2.21. The molecule has 1 aromatic heterocycles. The molecule has 2 heterocycles. The normalized spacial score (nSPS) is 19.2. The lowest BCUT2D eigenvalue weighted by Gasteiger charge is -2.13. The molecule has 6 heteroatoms. The second kappa shape index (κ2) is 6.32. The highest BCUT2D eigenvalue weighted by Gasteiger charge is 2.23. The third-order valence-corrected chi connectivity index (χ3v) is 3.78. The zero-order valence-electron chi connectivity index (χ0n) is 12.1. The number of hydrogen-bond donors (Lipinski definition) is 1. The Morgan fingerprint density at radius 2 is 2.14 bits per heavy atom. The van der Waals surface area contributed by atoms with Crippen molar-refractivity contribution in [3.8, 4) is 11.5 Å². The lowest BCUT2D eigenvalue weighted by Crippen LogP contribution is -2.24. The van der Waals surface area contributed by atoms with Crippen molar-refractivity contribution in [1.29, 1.82) is 0 Å². The second-order valence-corrected chi connectivity index (χ2v) is 5.46. The van der Waals surface area contributed by atoms with Gasteiger partial charge in [0, 0.05) is 12.1 Å². The molecule has 0 aliphatic carbocycles. The van der Waals surface area contributed by atoms with Crippen LogP contribution in [0.15, 0.2) is 28.7 Å². The summed E-state index contributed by atoms with van der Waals surface area (Å²) in [5.74, 6) is 1.47. The van der Waals surface area contributed by atoms with Crippen LogP contribution in [-0.2, 0) is 6.54 Å². The van der Waals surface area contributed by atoms with Crippen LogP contribution in [0.4, 0.5) is 4.39 Å². The summed E-state index contributed by atoms with van der Waals surface area (Å²) in [7, 11) is 1.98. The van der Waals surface area contributed by atoms with Crippen LogP contribution in [0.1, 0.15) is 12.3 Å². The maximum atomic E-state index is 12.9. The summed E-state index contributed by atoms with van der Waals surface area (Å²) in [4.78, 5) is 2.32. The van der Waals surface area contributed by atoms with Crippen molar-refractivity contribution in [2.45, 2.75) is 13.0 Å². The molecule has 1 fully saturated rings. The summed E-state index contributed by atoms with van der Waals surface area (Å²) < 4.78 is 18.6. The van der Waals surface area contributed by atoms with Gasteiger partial charge in [-0.15, -0.1) is 10.2 Å². The van der Waals surface area contributed by atoms with Crippen molar-refractivity contribution in [2.75, 3.05) is 26.7 Å². The lowest BCUT2D eigenvalue weighted by molar-refractivity contribution is 0.281. The van der Waals surface area contributed by atoms with Crippen LogP contribution >= 0.6 is 0 Å². The molecule has 1 aliphatic rings. The van der Waals surface area contributed by atoms with Gasteiger partial charge >= 0.3 is 0 Å². The maximum Gasteiger partial charge on any atom is 0.247 e. The van der Waals surface area contributed by atoms with Crippen molar-refractivity contribution in [1.82, 2.24) is 20.4 Å². The van der Waals surface area contributed by atoms with Crippen LogP contribution < -0.4 is 5.32 Å². The fourth-order valence-corrected chi connectivity index (χ4v) is 2.73. The number of nitrogens with one attached hydrogen (secondary N) is 1. The zero-order valence-corrected chi connectivity index (χ0v) is 12.1. The largest absolute Gasteiger partial charge is 0.419 e. The number of benzene rings is 1. The Bertz CT molecular complexity index is 584. The Labute approximate surface area is 123 Å². The predicted octanol–water partition coefficient (Wildman–Crippen LogP) is 1.92. The Morgan fingerprint density at radius 1 is 1.33 bits per heavy atom. The van der Waals surface area contributed by atoms with E-state index in [1.54, 1.807) is 12.1 Å². The molecule has 2 aromatic rings. The van der Waals surface area contributed by atoms with Gasteiger partial charge < -0.3 is 9.73 Å². The molecule has 1 unspecified atom stereocenters. The first-order valence-electron chi connectivity index (χ1n) is 7.20. The first kappa shape index (κ1) is 14.2. The molecule has 0 amide bonds. The molecule has 3 rings (SSSR count). The minimum Gasteiger partial charge on any atom is -0.419 e. The predicted molar refractivity (Wildman–Crippen MR) is 77.0 cm³/mol. The third kappa shape index (κ3) is 3.46. The smallest absolute Gasteiger partial charge is 0.247 e. The molecule has 1 aromatic carbocycles. The number of hydrogen-bond acceptors (Lipinski definition) is 5. The number of aromatic nitrogens is 2. The Hall–Kier alpha value is -1.79. The lowest BCUT2D eigenvalue weighted by atomic mass is 10.1. The molecule has 1 aliphatic heterocycles. The van der Waals surface area contributed by atoms with E-state index in [1.165, 1.54) is 18.6 Å². The highest BCUT2D eigenvalue weighted by atomic mass is 19.1. The molecular formula is C15H19FN4O. The van der Waals surface area contributed by atoms with Gasteiger partial charge in [0.05, 0.1) is 6.54 Å². The first-order valence-corrected chi connectivity index (χ1v) is 7.20. The van der Waals surface area contributed by atoms with Crippen LogP contribution in [-0.4, -0.2) is 41.8 Å². The van der Waals surface area contributed by atoms with Crippen LogP contribution in [0.25, 0.3) is 11.5 Å². The number of rotatable bonds is 5. The fourth-order valence-electron chi connectivity index (χ4n) is 2.73. The Balaban J connectivity index is 1.62. The minimum atomic E-state index is -0.272. The van der Waals surface area contributed by atoms with Crippen LogP contribution in [0.3, 0.4) is 0 Å². The Kier molecular flexibility index (Phi) is 4.26. The van der Waals surface area contributed by atoms with Crippen LogP contribution in [0.5, 0.6) is 0 Å². The average Bonchev–Trinajstić information content (AvgIpc) is 3.11.